The zero-order valence-electron chi connectivity index (χ0n) is 7.67. The van der Waals surface area contributed by atoms with Crippen molar-refractivity contribution < 1.29 is 0 Å². The van der Waals surface area contributed by atoms with Crippen LogP contribution in [0.5, 0.6) is 0 Å². The van der Waals surface area contributed by atoms with E-state index in [1.54, 1.807) is 0 Å². The standard InChI is InChI=1S/C8H4Cl6IN/c1-15-2-3-4(9)6(8(12,13)14)16-7(11)5(3)10/h2H,1H3. The van der Waals surface area contributed by atoms with Crippen molar-refractivity contribution in [2.75, 3.05) is 4.93 Å². The molecule has 1 nitrogen and oxygen atoms in total. The fraction of sp³-hybridized carbons (Fsp3) is 0.250. The van der Waals surface area contributed by atoms with Crippen LogP contribution in [-0.4, -0.2) is 13.9 Å². The first-order chi connectivity index (χ1) is 7.29. The number of hydrogen-bond acceptors (Lipinski definition) is 1. The Kier molecular flexibility index (Phi) is 5.92. The minimum absolute atomic E-state index is 0.0797. The largest absolute Gasteiger partial charge is 0.234 e. The van der Waals surface area contributed by atoms with Crippen molar-refractivity contribution in [2.24, 2.45) is 0 Å². The molecule has 1 aromatic heterocycles. The lowest BCUT2D eigenvalue weighted by Crippen LogP contribution is -2.07. The average molecular weight is 454 g/mol. The Hall–Kier alpha value is 1.49. The van der Waals surface area contributed by atoms with Gasteiger partial charge in [0.05, 0.1) is 10.0 Å². The van der Waals surface area contributed by atoms with E-state index in [-0.39, 0.29) is 41.6 Å². The minimum atomic E-state index is -1.72. The quantitative estimate of drug-likeness (QED) is 0.305. The van der Waals surface area contributed by atoms with Gasteiger partial charge in [0.2, 0.25) is 3.79 Å². The predicted octanol–water partition coefficient (Wildman–Crippen LogP) is 5.62. The third kappa shape index (κ3) is 3.50. The third-order valence-electron chi connectivity index (χ3n) is 1.56. The van der Waals surface area contributed by atoms with E-state index < -0.39 is 3.79 Å². The monoisotopic (exact) mass is 451 g/mol. The van der Waals surface area contributed by atoms with Gasteiger partial charge in [-0.3, -0.25) is 0 Å². The summed E-state index contributed by atoms with van der Waals surface area (Å²) in [6.45, 7) is 0. The summed E-state index contributed by atoms with van der Waals surface area (Å²) in [5, 5.41) is 0.596. The Morgan fingerprint density at radius 2 is 1.69 bits per heavy atom. The summed E-state index contributed by atoms with van der Waals surface area (Å²) >= 11 is 34.9. The van der Waals surface area contributed by atoms with Crippen LogP contribution in [0.25, 0.3) is 0 Å². The topological polar surface area (TPSA) is 12.9 Å². The molecule has 0 aliphatic heterocycles. The SMILES string of the molecule is C/I=C/c1c(Cl)c(Cl)nc(C(Cl)(Cl)Cl)c1Cl. The number of alkyl halides is 4. The van der Waals surface area contributed by atoms with Crippen LogP contribution in [0.3, 0.4) is 0 Å². The molecule has 0 amide bonds. The molecule has 0 spiro atoms. The Labute approximate surface area is 133 Å². The van der Waals surface area contributed by atoms with Gasteiger partial charge in [0, 0.05) is 5.56 Å². The van der Waals surface area contributed by atoms with Crippen LogP contribution in [0.1, 0.15) is 11.3 Å². The molecule has 90 valence electrons. The van der Waals surface area contributed by atoms with Crippen LogP contribution < -0.4 is 0 Å². The molecule has 1 heterocycles. The first-order valence-corrected chi connectivity index (χ1v) is 9.39. The van der Waals surface area contributed by atoms with Crippen LogP contribution >= 0.6 is 90.3 Å². The molecule has 0 saturated carbocycles. The second kappa shape index (κ2) is 6.09. The van der Waals surface area contributed by atoms with Gasteiger partial charge >= 0.3 is 0 Å². The fourth-order valence-corrected chi connectivity index (χ4v) is 3.85. The highest BCUT2D eigenvalue weighted by Crippen LogP contribution is 2.44. The van der Waals surface area contributed by atoms with Crippen molar-refractivity contribution in [1.29, 1.82) is 0 Å². The maximum atomic E-state index is 6.08. The van der Waals surface area contributed by atoms with E-state index in [0.29, 0.717) is 5.56 Å². The van der Waals surface area contributed by atoms with Gasteiger partial charge in [-0.1, -0.05) is 69.6 Å². The summed E-state index contributed by atoms with van der Waals surface area (Å²) in [6.07, 6.45) is 0. The third-order valence-corrected chi connectivity index (χ3v) is 4.48. The number of hydrogen-bond donors (Lipinski definition) is 0. The molecule has 8 heteroatoms. The summed E-state index contributed by atoms with van der Waals surface area (Å²) in [7, 11) is 0. The summed E-state index contributed by atoms with van der Waals surface area (Å²) in [6, 6.07) is 0. The van der Waals surface area contributed by atoms with Crippen molar-refractivity contribution in [3.8, 4) is 0 Å². The summed E-state index contributed by atoms with van der Waals surface area (Å²) in [5.74, 6) is 0. The van der Waals surface area contributed by atoms with Gasteiger partial charge in [-0.2, -0.15) is 0 Å². The fourth-order valence-electron chi connectivity index (χ4n) is 0.924. The number of rotatable bonds is 1. The van der Waals surface area contributed by atoms with Gasteiger partial charge in [-0.05, 0) is 8.94 Å². The van der Waals surface area contributed by atoms with E-state index in [0.717, 1.165) is 0 Å². The molecular formula is C8H4Cl6IN. The van der Waals surface area contributed by atoms with Crippen LogP contribution in [0.4, 0.5) is 0 Å². The van der Waals surface area contributed by atoms with E-state index in [9.17, 15) is 0 Å². The Balaban J connectivity index is 3.57. The normalized spacial score (nSPS) is 12.9. The van der Waals surface area contributed by atoms with Crippen molar-refractivity contribution >= 4 is 94.3 Å². The first kappa shape index (κ1) is 15.5. The highest BCUT2D eigenvalue weighted by atomic mass is 127. The number of aromatic nitrogens is 1. The molecule has 0 aromatic carbocycles. The number of halogens is 7. The summed E-state index contributed by atoms with van der Waals surface area (Å²) < 4.78 is 0.178. The molecule has 0 unspecified atom stereocenters. The Bertz CT molecular complexity index is 439. The van der Waals surface area contributed by atoms with E-state index >= 15 is 0 Å². The van der Waals surface area contributed by atoms with Crippen molar-refractivity contribution in [3.05, 3.63) is 26.5 Å². The lowest BCUT2D eigenvalue weighted by molar-refractivity contribution is 1.09. The highest BCUT2D eigenvalue weighted by molar-refractivity contribution is 14.2. The molecule has 0 N–H and O–H groups in total. The maximum Gasteiger partial charge on any atom is 0.234 e. The molecule has 1 aromatic rings. The van der Waals surface area contributed by atoms with Crippen molar-refractivity contribution in [3.63, 3.8) is 0 Å². The lowest BCUT2D eigenvalue weighted by Gasteiger charge is -2.15. The van der Waals surface area contributed by atoms with Crippen LogP contribution in [-0.2, 0) is 3.79 Å². The number of nitrogens with zero attached hydrogens (tertiary/aromatic N) is 1. The van der Waals surface area contributed by atoms with Gasteiger partial charge < -0.3 is 0 Å². The molecule has 0 bridgehead atoms. The average Bonchev–Trinajstić information content (AvgIpc) is 2.16. The van der Waals surface area contributed by atoms with Gasteiger partial charge in [-0.25, -0.2) is 4.98 Å². The molecule has 0 radical (unpaired) electrons. The van der Waals surface area contributed by atoms with Gasteiger partial charge in [0.15, 0.2) is 0 Å². The molecule has 0 atom stereocenters. The molecule has 0 aliphatic rings. The Morgan fingerprint density at radius 1 is 1.12 bits per heavy atom. The molecule has 0 aliphatic carbocycles. The molecule has 0 saturated heterocycles. The summed E-state index contributed by atoms with van der Waals surface area (Å²) in [5.41, 5.74) is 0.678. The van der Waals surface area contributed by atoms with E-state index in [4.69, 9.17) is 69.6 Å². The zero-order valence-corrected chi connectivity index (χ0v) is 14.4. The molecule has 0 fully saturated rings. The van der Waals surface area contributed by atoms with Crippen molar-refractivity contribution in [2.45, 2.75) is 3.79 Å². The van der Waals surface area contributed by atoms with E-state index in [1.807, 2.05) is 8.94 Å². The molecular weight excluding hydrogens is 450 g/mol. The van der Waals surface area contributed by atoms with E-state index in [2.05, 4.69) is 4.98 Å². The first-order valence-electron chi connectivity index (χ1n) is 3.72. The van der Waals surface area contributed by atoms with E-state index in [1.165, 1.54) is 0 Å². The smallest absolute Gasteiger partial charge is 0.233 e. The maximum absolute atomic E-state index is 6.08. The van der Waals surface area contributed by atoms with Gasteiger partial charge in [0.25, 0.3) is 0 Å². The Morgan fingerprint density at radius 3 is 2.12 bits per heavy atom. The van der Waals surface area contributed by atoms with Gasteiger partial charge in [-0.15, -0.1) is 20.7 Å². The highest BCUT2D eigenvalue weighted by Gasteiger charge is 2.30. The lowest BCUT2D eigenvalue weighted by atomic mass is 10.2. The zero-order chi connectivity index (χ0) is 12.5. The second-order valence-corrected chi connectivity index (χ2v) is 7.88. The second-order valence-electron chi connectivity index (χ2n) is 2.62. The molecule has 16 heavy (non-hydrogen) atoms. The van der Waals surface area contributed by atoms with Crippen LogP contribution in [0, 0.1) is 0 Å². The molecule has 1 rings (SSSR count). The van der Waals surface area contributed by atoms with Crippen LogP contribution in [0.15, 0.2) is 0 Å². The summed E-state index contributed by atoms with van der Waals surface area (Å²) in [4.78, 5) is 5.92. The minimum Gasteiger partial charge on any atom is -0.233 e. The van der Waals surface area contributed by atoms with Crippen LogP contribution in [0.2, 0.25) is 15.2 Å². The van der Waals surface area contributed by atoms with Gasteiger partial charge in [0.1, 0.15) is 10.8 Å². The van der Waals surface area contributed by atoms with Crippen molar-refractivity contribution in [1.82, 2.24) is 4.98 Å². The number of pyridine rings is 1. The predicted molar refractivity (Wildman–Crippen MR) is 83.6 cm³/mol.